The van der Waals surface area contributed by atoms with Crippen LogP contribution in [0.2, 0.25) is 0 Å². The van der Waals surface area contributed by atoms with Crippen LogP contribution in [0, 0.1) is 27.7 Å². The Balaban J connectivity index is 1.27. The molecule has 0 radical (unpaired) electrons. The fourth-order valence-corrected chi connectivity index (χ4v) is 7.65. The molecular weight excluding hydrogens is 681 g/mol. The minimum Gasteiger partial charge on any atom is -0.399 e. The highest BCUT2D eigenvalue weighted by atomic mass is 15.1. The summed E-state index contributed by atoms with van der Waals surface area (Å²) in [5.41, 5.74) is 32.4. The Kier molecular flexibility index (Phi) is 9.87. The molecule has 0 spiro atoms. The van der Waals surface area contributed by atoms with Gasteiger partial charge in [-0.3, -0.25) is 0 Å². The molecule has 274 valence electrons. The van der Waals surface area contributed by atoms with Crippen molar-refractivity contribution in [3.63, 3.8) is 0 Å². The second-order valence-electron chi connectivity index (χ2n) is 14.7. The number of benzene rings is 8. The lowest BCUT2D eigenvalue weighted by atomic mass is 9.86. The quantitative estimate of drug-likeness (QED) is 0.145. The molecule has 0 aromatic heterocycles. The van der Waals surface area contributed by atoms with E-state index in [1.165, 1.54) is 22.3 Å². The monoisotopic (exact) mass is 726 g/mol. The van der Waals surface area contributed by atoms with E-state index in [-0.39, 0.29) is 0 Å². The van der Waals surface area contributed by atoms with Crippen molar-refractivity contribution >= 4 is 45.5 Å². The van der Waals surface area contributed by atoms with Gasteiger partial charge in [0.25, 0.3) is 0 Å². The van der Waals surface area contributed by atoms with Crippen LogP contribution in [0.25, 0.3) is 33.4 Å². The maximum atomic E-state index is 6.99. The number of anilines is 8. The van der Waals surface area contributed by atoms with Gasteiger partial charge in [0.15, 0.2) is 0 Å². The highest BCUT2D eigenvalue weighted by Crippen LogP contribution is 2.46. The van der Waals surface area contributed by atoms with Gasteiger partial charge in [0, 0.05) is 51.1 Å². The molecule has 56 heavy (non-hydrogen) atoms. The second-order valence-corrected chi connectivity index (χ2v) is 14.7. The van der Waals surface area contributed by atoms with E-state index >= 15 is 0 Å². The van der Waals surface area contributed by atoms with Crippen LogP contribution in [0.5, 0.6) is 0 Å². The number of rotatable bonds is 9. The van der Waals surface area contributed by atoms with Crippen LogP contribution in [0.1, 0.15) is 22.3 Å². The van der Waals surface area contributed by atoms with Gasteiger partial charge in [-0.05, 0) is 169 Å². The first-order chi connectivity index (χ1) is 27.2. The smallest absolute Gasteiger partial charge is 0.0464 e. The molecule has 8 aromatic carbocycles. The van der Waals surface area contributed by atoms with Crippen LogP contribution in [0.3, 0.4) is 0 Å². The SMILES string of the molecule is Cc1cccc(N(c2ccc(-c3c(N)ccc(-c4ccc(N)cc4)c3-c3ccc(N(c4cccc(C)c4)c4cccc(C)c4)cc3)cc2)c2cccc(C)c2)c1. The fourth-order valence-electron chi connectivity index (χ4n) is 7.65. The maximum absolute atomic E-state index is 6.99. The normalized spacial score (nSPS) is 11.0. The Hall–Kier alpha value is -7.04. The lowest BCUT2D eigenvalue weighted by molar-refractivity contribution is 1.26. The van der Waals surface area contributed by atoms with Gasteiger partial charge in [-0.25, -0.2) is 0 Å². The zero-order chi connectivity index (χ0) is 38.8. The fraction of sp³-hybridized carbons (Fsp3) is 0.0769. The Bertz CT molecular complexity index is 2550. The van der Waals surface area contributed by atoms with Crippen LogP contribution in [0.4, 0.5) is 45.5 Å². The number of hydrogen-bond acceptors (Lipinski definition) is 4. The van der Waals surface area contributed by atoms with Gasteiger partial charge in [0.1, 0.15) is 0 Å². The molecule has 4 N–H and O–H groups in total. The van der Waals surface area contributed by atoms with Crippen molar-refractivity contribution in [1.29, 1.82) is 0 Å². The topological polar surface area (TPSA) is 58.5 Å². The molecule has 0 saturated carbocycles. The van der Waals surface area contributed by atoms with E-state index in [0.717, 1.165) is 73.2 Å². The second kappa shape index (κ2) is 15.4. The minimum atomic E-state index is 0.714. The van der Waals surface area contributed by atoms with E-state index in [2.05, 4.69) is 201 Å². The maximum Gasteiger partial charge on any atom is 0.0464 e. The third kappa shape index (κ3) is 7.38. The zero-order valence-electron chi connectivity index (χ0n) is 32.4. The van der Waals surface area contributed by atoms with Gasteiger partial charge in [-0.15, -0.1) is 0 Å². The predicted molar refractivity (Wildman–Crippen MR) is 240 cm³/mol. The highest BCUT2D eigenvalue weighted by Gasteiger charge is 2.20. The van der Waals surface area contributed by atoms with Crippen molar-refractivity contribution < 1.29 is 0 Å². The molecular formula is C52H46N4. The van der Waals surface area contributed by atoms with Crippen LogP contribution >= 0.6 is 0 Å². The molecule has 8 rings (SSSR count). The first-order valence-electron chi connectivity index (χ1n) is 19.1. The minimum absolute atomic E-state index is 0.714. The summed E-state index contributed by atoms with van der Waals surface area (Å²) >= 11 is 0. The van der Waals surface area contributed by atoms with Gasteiger partial charge in [-0.2, -0.15) is 0 Å². The molecule has 0 unspecified atom stereocenters. The van der Waals surface area contributed by atoms with Gasteiger partial charge in [-0.1, -0.05) is 91.0 Å². The van der Waals surface area contributed by atoms with E-state index in [1.807, 2.05) is 18.2 Å². The summed E-state index contributed by atoms with van der Waals surface area (Å²) in [7, 11) is 0. The molecule has 0 aliphatic rings. The van der Waals surface area contributed by atoms with Crippen LogP contribution < -0.4 is 21.3 Å². The number of nitrogens with two attached hydrogens (primary N) is 2. The number of nitrogens with zero attached hydrogens (tertiary/aromatic N) is 2. The van der Waals surface area contributed by atoms with Crippen molar-refractivity contribution in [2.24, 2.45) is 0 Å². The van der Waals surface area contributed by atoms with Crippen LogP contribution in [0.15, 0.2) is 182 Å². The largest absolute Gasteiger partial charge is 0.399 e. The van der Waals surface area contributed by atoms with Crippen molar-refractivity contribution in [1.82, 2.24) is 0 Å². The van der Waals surface area contributed by atoms with Crippen molar-refractivity contribution in [3.8, 4) is 33.4 Å². The standard InChI is InChI=1S/C52H46N4/c1-35-9-5-13-45(31-35)55(46-14-6-10-36(2)32-46)43-25-19-40(20-26-43)51-49(39-17-23-42(53)24-18-39)29-30-50(54)52(51)41-21-27-44(28-22-41)56(47-15-7-11-37(3)33-47)48-16-8-12-38(4)34-48/h5-34H,53-54H2,1-4H3. The molecule has 0 aliphatic carbocycles. The summed E-state index contributed by atoms with van der Waals surface area (Å²) in [6.07, 6.45) is 0. The van der Waals surface area contributed by atoms with E-state index in [9.17, 15) is 0 Å². The first-order valence-corrected chi connectivity index (χ1v) is 19.1. The molecule has 4 nitrogen and oxygen atoms in total. The Labute approximate surface area is 330 Å². The molecule has 0 saturated heterocycles. The first kappa shape index (κ1) is 36.0. The summed E-state index contributed by atoms with van der Waals surface area (Å²) < 4.78 is 0. The number of aryl methyl sites for hydroxylation is 4. The van der Waals surface area contributed by atoms with E-state index in [4.69, 9.17) is 11.5 Å². The molecule has 4 heteroatoms. The summed E-state index contributed by atoms with van der Waals surface area (Å²) in [5.74, 6) is 0. The van der Waals surface area contributed by atoms with Gasteiger partial charge in [0.2, 0.25) is 0 Å². The summed E-state index contributed by atoms with van der Waals surface area (Å²) in [5, 5.41) is 0. The molecule has 8 aromatic rings. The van der Waals surface area contributed by atoms with E-state index in [0.29, 0.717) is 5.69 Å². The molecule has 0 fully saturated rings. The number of hydrogen-bond donors (Lipinski definition) is 2. The van der Waals surface area contributed by atoms with Gasteiger partial charge >= 0.3 is 0 Å². The zero-order valence-corrected chi connectivity index (χ0v) is 32.4. The highest BCUT2D eigenvalue weighted by molar-refractivity contribution is 6.00. The van der Waals surface area contributed by atoms with Crippen molar-refractivity contribution in [2.75, 3.05) is 21.3 Å². The Morgan fingerprint density at radius 1 is 0.321 bits per heavy atom. The third-order valence-electron chi connectivity index (χ3n) is 10.3. The van der Waals surface area contributed by atoms with E-state index in [1.54, 1.807) is 0 Å². The van der Waals surface area contributed by atoms with Crippen molar-refractivity contribution in [2.45, 2.75) is 27.7 Å². The Morgan fingerprint density at radius 3 is 1.05 bits per heavy atom. The summed E-state index contributed by atoms with van der Waals surface area (Å²) in [4.78, 5) is 4.63. The average Bonchev–Trinajstić information content (AvgIpc) is 3.19. The van der Waals surface area contributed by atoms with Crippen LogP contribution in [-0.4, -0.2) is 0 Å². The van der Waals surface area contributed by atoms with Crippen LogP contribution in [-0.2, 0) is 0 Å². The molecule has 0 amide bonds. The van der Waals surface area contributed by atoms with Gasteiger partial charge < -0.3 is 21.3 Å². The molecule has 0 aliphatic heterocycles. The van der Waals surface area contributed by atoms with Gasteiger partial charge in [0.05, 0.1) is 0 Å². The Morgan fingerprint density at radius 2 is 0.679 bits per heavy atom. The molecule has 0 bridgehead atoms. The lowest BCUT2D eigenvalue weighted by Gasteiger charge is -2.27. The lowest BCUT2D eigenvalue weighted by Crippen LogP contribution is -2.10. The number of nitrogen functional groups attached to an aromatic ring is 2. The predicted octanol–water partition coefficient (Wildman–Crippen LogP) is 14.0. The molecule has 0 heterocycles. The molecule has 0 atom stereocenters. The third-order valence-corrected chi connectivity index (χ3v) is 10.3. The van der Waals surface area contributed by atoms with Crippen molar-refractivity contribution in [3.05, 3.63) is 204 Å². The average molecular weight is 727 g/mol. The summed E-state index contributed by atoms with van der Waals surface area (Å²) in [6, 6.07) is 64.5. The van der Waals surface area contributed by atoms with E-state index < -0.39 is 0 Å². The summed E-state index contributed by atoms with van der Waals surface area (Å²) in [6.45, 7) is 8.54.